The van der Waals surface area contributed by atoms with Gasteiger partial charge >= 0.3 is 7.12 Å². The Kier molecular flexibility index (Phi) is 2.58. The van der Waals surface area contributed by atoms with E-state index in [1.165, 1.54) is 12.4 Å². The zero-order chi connectivity index (χ0) is 9.97. The Morgan fingerprint density at radius 2 is 1.93 bits per heavy atom. The zero-order valence-corrected chi connectivity index (χ0v) is 7.98. The van der Waals surface area contributed by atoms with Crippen LogP contribution >= 0.6 is 11.3 Å². The fourth-order valence-electron chi connectivity index (χ4n) is 1.01. The van der Waals surface area contributed by atoms with Crippen LogP contribution in [0.4, 0.5) is 0 Å². The summed E-state index contributed by atoms with van der Waals surface area (Å²) in [5.41, 5.74) is 1.23. The van der Waals surface area contributed by atoms with Gasteiger partial charge in [0, 0.05) is 28.8 Å². The smallest absolute Gasteiger partial charge is 0.423 e. The SMILES string of the molecule is OB(O)c1cnc(-c2ccsc2)nc1. The fourth-order valence-corrected chi connectivity index (χ4v) is 1.65. The van der Waals surface area contributed by atoms with E-state index in [0.29, 0.717) is 11.3 Å². The van der Waals surface area contributed by atoms with Crippen molar-refractivity contribution in [3.8, 4) is 11.4 Å². The summed E-state index contributed by atoms with van der Waals surface area (Å²) < 4.78 is 0. The minimum absolute atomic E-state index is 0.295. The van der Waals surface area contributed by atoms with Crippen LogP contribution in [0.1, 0.15) is 0 Å². The highest BCUT2D eigenvalue weighted by Crippen LogP contribution is 2.16. The fraction of sp³-hybridized carbons (Fsp3) is 0. The van der Waals surface area contributed by atoms with Gasteiger partial charge in [-0.2, -0.15) is 11.3 Å². The summed E-state index contributed by atoms with van der Waals surface area (Å²) in [7, 11) is -1.51. The average Bonchev–Trinajstić information content (AvgIpc) is 2.71. The second-order valence-corrected chi connectivity index (χ2v) is 3.51. The van der Waals surface area contributed by atoms with Crippen LogP contribution in [0.25, 0.3) is 11.4 Å². The van der Waals surface area contributed by atoms with Crippen molar-refractivity contribution >= 4 is 23.9 Å². The van der Waals surface area contributed by atoms with Gasteiger partial charge in [0.15, 0.2) is 5.82 Å². The maximum absolute atomic E-state index is 8.82. The molecule has 2 rings (SSSR count). The van der Waals surface area contributed by atoms with Crippen molar-refractivity contribution in [2.24, 2.45) is 0 Å². The Hall–Kier alpha value is -1.24. The normalized spacial score (nSPS) is 10.1. The predicted molar refractivity (Wildman–Crippen MR) is 55.2 cm³/mol. The van der Waals surface area contributed by atoms with Gasteiger partial charge in [0.05, 0.1) is 0 Å². The summed E-state index contributed by atoms with van der Waals surface area (Å²) in [6.45, 7) is 0. The summed E-state index contributed by atoms with van der Waals surface area (Å²) in [5, 5.41) is 21.5. The Morgan fingerprint density at radius 1 is 1.21 bits per heavy atom. The van der Waals surface area contributed by atoms with E-state index in [2.05, 4.69) is 9.97 Å². The number of hydrogen-bond donors (Lipinski definition) is 2. The lowest BCUT2D eigenvalue weighted by molar-refractivity contribution is 0.425. The van der Waals surface area contributed by atoms with Crippen LogP contribution in [0, 0.1) is 0 Å². The van der Waals surface area contributed by atoms with Crippen molar-refractivity contribution < 1.29 is 10.0 Å². The van der Waals surface area contributed by atoms with Crippen molar-refractivity contribution in [1.29, 1.82) is 0 Å². The van der Waals surface area contributed by atoms with Crippen molar-refractivity contribution in [3.05, 3.63) is 29.2 Å². The van der Waals surface area contributed by atoms with Gasteiger partial charge in [-0.3, -0.25) is 0 Å². The Labute approximate surface area is 85.0 Å². The first-order valence-corrected chi connectivity index (χ1v) is 4.92. The van der Waals surface area contributed by atoms with E-state index in [0.717, 1.165) is 5.56 Å². The van der Waals surface area contributed by atoms with Crippen LogP contribution in [0.5, 0.6) is 0 Å². The standard InChI is InChI=1S/C8H7BN2O2S/c12-9(13)7-3-10-8(11-4-7)6-1-2-14-5-6/h1-5,12-13H. The van der Waals surface area contributed by atoms with E-state index < -0.39 is 7.12 Å². The molecule has 14 heavy (non-hydrogen) atoms. The average molecular weight is 206 g/mol. The molecule has 2 heterocycles. The Morgan fingerprint density at radius 3 is 2.43 bits per heavy atom. The van der Waals surface area contributed by atoms with Gasteiger partial charge in [-0.05, 0) is 11.4 Å². The molecule has 70 valence electrons. The van der Waals surface area contributed by atoms with Crippen LogP contribution < -0.4 is 5.46 Å². The molecule has 0 saturated heterocycles. The van der Waals surface area contributed by atoms with Gasteiger partial charge in [-0.15, -0.1) is 0 Å². The third kappa shape index (κ3) is 1.82. The van der Waals surface area contributed by atoms with Crippen molar-refractivity contribution in [3.63, 3.8) is 0 Å². The molecule has 6 heteroatoms. The topological polar surface area (TPSA) is 66.2 Å². The molecule has 0 unspecified atom stereocenters. The number of aromatic nitrogens is 2. The number of hydrogen-bond acceptors (Lipinski definition) is 5. The Bertz CT molecular complexity index is 402. The van der Waals surface area contributed by atoms with Gasteiger partial charge in [-0.1, -0.05) is 0 Å². The molecule has 4 nitrogen and oxygen atoms in total. The monoisotopic (exact) mass is 206 g/mol. The van der Waals surface area contributed by atoms with E-state index in [-0.39, 0.29) is 0 Å². The summed E-state index contributed by atoms with van der Waals surface area (Å²) in [4.78, 5) is 8.04. The van der Waals surface area contributed by atoms with Crippen LogP contribution in [-0.2, 0) is 0 Å². The molecule has 0 aromatic carbocycles. The molecular weight excluding hydrogens is 199 g/mol. The minimum atomic E-state index is -1.51. The lowest BCUT2D eigenvalue weighted by Crippen LogP contribution is -2.30. The molecule has 0 saturated carbocycles. The van der Waals surface area contributed by atoms with Gasteiger partial charge in [0.25, 0.3) is 0 Å². The second-order valence-electron chi connectivity index (χ2n) is 2.73. The summed E-state index contributed by atoms with van der Waals surface area (Å²) in [5.74, 6) is 0.593. The molecule has 0 spiro atoms. The first-order valence-electron chi connectivity index (χ1n) is 3.98. The lowest BCUT2D eigenvalue weighted by atomic mass is 9.83. The van der Waals surface area contributed by atoms with Crippen molar-refractivity contribution in [2.45, 2.75) is 0 Å². The first-order chi connectivity index (χ1) is 6.77. The van der Waals surface area contributed by atoms with Gasteiger partial charge < -0.3 is 10.0 Å². The van der Waals surface area contributed by atoms with E-state index in [1.807, 2.05) is 16.8 Å². The molecule has 0 aliphatic carbocycles. The van der Waals surface area contributed by atoms with E-state index in [4.69, 9.17) is 10.0 Å². The van der Waals surface area contributed by atoms with E-state index in [9.17, 15) is 0 Å². The number of rotatable bonds is 2. The molecule has 0 bridgehead atoms. The maximum atomic E-state index is 8.82. The quantitative estimate of drug-likeness (QED) is 0.672. The summed E-state index contributed by atoms with van der Waals surface area (Å²) in [6.07, 6.45) is 2.81. The van der Waals surface area contributed by atoms with E-state index >= 15 is 0 Å². The first kappa shape index (κ1) is 9.33. The highest BCUT2D eigenvalue weighted by Gasteiger charge is 2.11. The third-order valence-corrected chi connectivity index (χ3v) is 2.43. The van der Waals surface area contributed by atoms with Gasteiger partial charge in [0.2, 0.25) is 0 Å². The van der Waals surface area contributed by atoms with Crippen LogP contribution in [0.15, 0.2) is 29.2 Å². The largest absolute Gasteiger partial charge is 0.491 e. The highest BCUT2D eigenvalue weighted by atomic mass is 32.1. The van der Waals surface area contributed by atoms with Gasteiger partial charge in [-0.25, -0.2) is 9.97 Å². The molecule has 0 aliphatic rings. The van der Waals surface area contributed by atoms with Crippen molar-refractivity contribution in [1.82, 2.24) is 9.97 Å². The maximum Gasteiger partial charge on any atom is 0.491 e. The molecule has 2 aromatic heterocycles. The molecule has 2 aromatic rings. The lowest BCUT2D eigenvalue weighted by Gasteiger charge is -1.99. The molecule has 0 fully saturated rings. The summed E-state index contributed by atoms with van der Waals surface area (Å²) in [6, 6.07) is 1.91. The molecule has 0 atom stereocenters. The van der Waals surface area contributed by atoms with Crippen LogP contribution in [-0.4, -0.2) is 27.1 Å². The molecule has 0 aliphatic heterocycles. The molecule has 2 N–H and O–H groups in total. The predicted octanol–water partition coefficient (Wildman–Crippen LogP) is -0.115. The van der Waals surface area contributed by atoms with E-state index in [1.54, 1.807) is 11.3 Å². The Balaban J connectivity index is 2.31. The second kappa shape index (κ2) is 3.87. The molecule has 0 radical (unpaired) electrons. The van der Waals surface area contributed by atoms with Crippen LogP contribution in [0.2, 0.25) is 0 Å². The number of nitrogens with zero attached hydrogens (tertiary/aromatic N) is 2. The van der Waals surface area contributed by atoms with Crippen LogP contribution in [0.3, 0.4) is 0 Å². The number of thiophene rings is 1. The molecule has 0 amide bonds. The summed E-state index contributed by atoms with van der Waals surface area (Å²) >= 11 is 1.57. The highest BCUT2D eigenvalue weighted by molar-refractivity contribution is 7.08. The molecular formula is C8H7BN2O2S. The minimum Gasteiger partial charge on any atom is -0.423 e. The third-order valence-electron chi connectivity index (χ3n) is 1.75. The van der Waals surface area contributed by atoms with Crippen molar-refractivity contribution in [2.75, 3.05) is 0 Å². The van der Waals surface area contributed by atoms with Gasteiger partial charge in [0.1, 0.15) is 0 Å². The zero-order valence-electron chi connectivity index (χ0n) is 7.16.